The fraction of sp³-hybridized carbons (Fsp3) is 0.500. The first kappa shape index (κ1) is 13.8. The molecule has 0 aliphatic carbocycles. The number of carbonyl (C=O) groups is 1. The summed E-state index contributed by atoms with van der Waals surface area (Å²) in [7, 11) is -3.93. The van der Waals surface area contributed by atoms with Crippen molar-refractivity contribution >= 4 is 16.0 Å². The molecule has 2 rings (SSSR count). The normalized spacial score (nSPS) is 21.2. The van der Waals surface area contributed by atoms with Gasteiger partial charge in [0.05, 0.1) is 5.69 Å². The van der Waals surface area contributed by atoms with Crippen LogP contribution in [0.3, 0.4) is 0 Å². The molecule has 8 nitrogen and oxygen atoms in total. The fourth-order valence-electron chi connectivity index (χ4n) is 1.83. The number of carboxylic acid groups (broad SMARTS) is 1. The van der Waals surface area contributed by atoms with E-state index < -0.39 is 22.0 Å². The van der Waals surface area contributed by atoms with Crippen molar-refractivity contribution in [1.29, 1.82) is 0 Å². The molecule has 0 saturated carbocycles. The van der Waals surface area contributed by atoms with E-state index >= 15 is 0 Å². The summed E-state index contributed by atoms with van der Waals surface area (Å²) in [6.45, 7) is 2.26. The summed E-state index contributed by atoms with van der Waals surface area (Å²) in [4.78, 5) is 11.1. The predicted octanol–water partition coefficient (Wildman–Crippen LogP) is -1.17. The third-order valence-electron chi connectivity index (χ3n) is 2.83. The third kappa shape index (κ3) is 2.72. The molecule has 1 saturated heterocycles. The minimum absolute atomic E-state index is 0.0772. The highest BCUT2D eigenvalue weighted by Gasteiger charge is 2.38. The molecule has 1 aliphatic rings. The molecule has 0 bridgehead atoms. The minimum atomic E-state index is -3.93. The highest BCUT2D eigenvalue weighted by Crippen LogP contribution is 2.17. The number of aliphatic carboxylic acids is 1. The number of carboxylic acids is 1. The van der Waals surface area contributed by atoms with E-state index in [9.17, 15) is 13.2 Å². The smallest absolute Gasteiger partial charge is 0.323 e. The molecular weight excluding hydrogens is 272 g/mol. The number of nitrogens with zero attached hydrogens (tertiary/aromatic N) is 3. The zero-order chi connectivity index (χ0) is 14.0. The zero-order valence-corrected chi connectivity index (χ0v) is 11.1. The lowest BCUT2D eigenvalue weighted by Gasteiger charge is -2.31. The topological polar surface area (TPSA) is 112 Å². The van der Waals surface area contributed by atoms with Crippen LogP contribution in [0.4, 0.5) is 0 Å². The molecule has 0 radical (unpaired) electrons. The molecular formula is C10H14N4O4S. The number of aryl methyl sites for hydroxylation is 1. The second-order valence-electron chi connectivity index (χ2n) is 4.19. The van der Waals surface area contributed by atoms with Crippen LogP contribution in [0.15, 0.2) is 17.2 Å². The van der Waals surface area contributed by atoms with Crippen LogP contribution >= 0.6 is 0 Å². The van der Waals surface area contributed by atoms with E-state index in [0.717, 1.165) is 4.31 Å². The number of hydrogen-bond donors (Lipinski definition) is 2. The summed E-state index contributed by atoms with van der Waals surface area (Å²) in [5.41, 5.74) is 0.592. The van der Waals surface area contributed by atoms with Gasteiger partial charge in [-0.2, -0.15) is 9.40 Å². The number of hydrogen-bond acceptors (Lipinski definition) is 6. The maximum absolute atomic E-state index is 12.3. The molecule has 1 fully saturated rings. The van der Waals surface area contributed by atoms with E-state index in [-0.39, 0.29) is 18.1 Å². The molecule has 2 N–H and O–H groups in total. The van der Waals surface area contributed by atoms with E-state index in [2.05, 4.69) is 15.5 Å². The molecule has 1 aromatic heterocycles. The molecule has 1 aliphatic heterocycles. The Balaban J connectivity index is 2.37. The van der Waals surface area contributed by atoms with Crippen LogP contribution in [0, 0.1) is 6.92 Å². The molecule has 0 amide bonds. The third-order valence-corrected chi connectivity index (χ3v) is 4.63. The molecule has 9 heteroatoms. The summed E-state index contributed by atoms with van der Waals surface area (Å²) in [6.07, 6.45) is 0. The number of nitrogens with one attached hydrogen (secondary N) is 1. The van der Waals surface area contributed by atoms with E-state index in [1.54, 1.807) is 6.92 Å². The number of sulfonamides is 1. The largest absolute Gasteiger partial charge is 0.480 e. The average molecular weight is 286 g/mol. The lowest BCUT2D eigenvalue weighted by molar-refractivity contribution is -0.141. The van der Waals surface area contributed by atoms with Gasteiger partial charge in [-0.3, -0.25) is 4.79 Å². The Morgan fingerprint density at radius 1 is 1.47 bits per heavy atom. The van der Waals surface area contributed by atoms with Gasteiger partial charge in [0.15, 0.2) is 5.03 Å². The fourth-order valence-corrected chi connectivity index (χ4v) is 3.28. The van der Waals surface area contributed by atoms with Crippen LogP contribution in [0.25, 0.3) is 0 Å². The summed E-state index contributed by atoms with van der Waals surface area (Å²) in [6, 6.07) is 1.73. The quantitative estimate of drug-likeness (QED) is 0.720. The lowest BCUT2D eigenvalue weighted by atomic mass is 10.2. The molecule has 19 heavy (non-hydrogen) atoms. The summed E-state index contributed by atoms with van der Waals surface area (Å²) >= 11 is 0. The predicted molar refractivity (Wildman–Crippen MR) is 65.0 cm³/mol. The van der Waals surface area contributed by atoms with Crippen molar-refractivity contribution in [3.8, 4) is 0 Å². The van der Waals surface area contributed by atoms with Crippen LogP contribution < -0.4 is 5.32 Å². The Labute approximate surface area is 110 Å². The standard InChI is InChI=1S/C10H14N4O4S/c1-7-2-3-9(13-12-7)19(17,18)14-5-4-11-6-8(14)10(15)16/h2-3,8,11H,4-6H2,1H3,(H,15,16)/t8-/m0/s1. The first-order valence-corrected chi connectivity index (χ1v) is 7.12. The van der Waals surface area contributed by atoms with E-state index in [0.29, 0.717) is 12.2 Å². The van der Waals surface area contributed by atoms with Gasteiger partial charge >= 0.3 is 5.97 Å². The SMILES string of the molecule is Cc1ccc(S(=O)(=O)N2CCNC[C@H]2C(=O)O)nn1. The van der Waals surface area contributed by atoms with Gasteiger partial charge in [0, 0.05) is 19.6 Å². The van der Waals surface area contributed by atoms with Gasteiger partial charge in [-0.1, -0.05) is 0 Å². The molecule has 0 unspecified atom stereocenters. The van der Waals surface area contributed by atoms with Crippen molar-refractivity contribution in [2.45, 2.75) is 18.0 Å². The van der Waals surface area contributed by atoms with Crippen LogP contribution in [0.1, 0.15) is 5.69 Å². The Morgan fingerprint density at radius 3 is 2.79 bits per heavy atom. The van der Waals surface area contributed by atoms with E-state index in [4.69, 9.17) is 5.11 Å². The van der Waals surface area contributed by atoms with Gasteiger partial charge in [-0.15, -0.1) is 5.10 Å². The van der Waals surface area contributed by atoms with Gasteiger partial charge in [-0.25, -0.2) is 8.42 Å². The monoisotopic (exact) mass is 286 g/mol. The second-order valence-corrected chi connectivity index (χ2v) is 6.02. The molecule has 1 aromatic rings. The van der Waals surface area contributed by atoms with Crippen molar-refractivity contribution in [2.24, 2.45) is 0 Å². The molecule has 104 valence electrons. The first-order chi connectivity index (χ1) is 8.93. The van der Waals surface area contributed by atoms with Crippen molar-refractivity contribution in [1.82, 2.24) is 19.8 Å². The van der Waals surface area contributed by atoms with Crippen molar-refractivity contribution in [2.75, 3.05) is 19.6 Å². The Kier molecular flexibility index (Phi) is 3.78. The first-order valence-electron chi connectivity index (χ1n) is 5.68. The summed E-state index contributed by atoms with van der Waals surface area (Å²) in [5, 5.41) is 19.0. The Morgan fingerprint density at radius 2 is 2.21 bits per heavy atom. The highest BCUT2D eigenvalue weighted by atomic mass is 32.2. The van der Waals surface area contributed by atoms with Gasteiger partial charge < -0.3 is 10.4 Å². The van der Waals surface area contributed by atoms with Crippen molar-refractivity contribution in [3.63, 3.8) is 0 Å². The Hall–Kier alpha value is -1.58. The van der Waals surface area contributed by atoms with Crippen molar-refractivity contribution in [3.05, 3.63) is 17.8 Å². The summed E-state index contributed by atoms with van der Waals surface area (Å²) in [5.74, 6) is -1.18. The van der Waals surface area contributed by atoms with Crippen LogP contribution in [-0.2, 0) is 14.8 Å². The van der Waals surface area contributed by atoms with Crippen LogP contribution in [-0.4, -0.2) is 59.7 Å². The average Bonchev–Trinajstić information content (AvgIpc) is 2.39. The van der Waals surface area contributed by atoms with Crippen molar-refractivity contribution < 1.29 is 18.3 Å². The highest BCUT2D eigenvalue weighted by molar-refractivity contribution is 7.89. The van der Waals surface area contributed by atoms with Gasteiger partial charge in [-0.05, 0) is 19.1 Å². The summed E-state index contributed by atoms with van der Waals surface area (Å²) < 4.78 is 25.6. The minimum Gasteiger partial charge on any atom is -0.480 e. The second kappa shape index (κ2) is 5.19. The van der Waals surface area contributed by atoms with Gasteiger partial charge in [0.1, 0.15) is 6.04 Å². The molecule has 0 aromatic carbocycles. The number of rotatable bonds is 3. The van der Waals surface area contributed by atoms with Crippen LogP contribution in [0.2, 0.25) is 0 Å². The van der Waals surface area contributed by atoms with E-state index in [1.165, 1.54) is 12.1 Å². The number of piperazine rings is 1. The zero-order valence-electron chi connectivity index (χ0n) is 10.3. The number of aromatic nitrogens is 2. The maximum Gasteiger partial charge on any atom is 0.323 e. The van der Waals surface area contributed by atoms with E-state index in [1.807, 2.05) is 0 Å². The van der Waals surface area contributed by atoms with Gasteiger partial charge in [0.2, 0.25) is 0 Å². The van der Waals surface area contributed by atoms with Crippen LogP contribution in [0.5, 0.6) is 0 Å². The molecule has 1 atom stereocenters. The Bertz CT molecular complexity index is 572. The molecule has 0 spiro atoms. The van der Waals surface area contributed by atoms with Gasteiger partial charge in [0.25, 0.3) is 10.0 Å². The molecule has 2 heterocycles. The maximum atomic E-state index is 12.3. The lowest BCUT2D eigenvalue weighted by Crippen LogP contribution is -2.56.